The molecule has 0 saturated carbocycles. The molecule has 2 heteroatoms. The largest absolute Gasteiger partial charge is 0.493 e. The number of hydrogen-bond donors (Lipinski definition) is 1. The van der Waals surface area contributed by atoms with E-state index in [0.717, 1.165) is 43.6 Å². The summed E-state index contributed by atoms with van der Waals surface area (Å²) in [6, 6.07) is 14.6. The van der Waals surface area contributed by atoms with Crippen molar-refractivity contribution in [2.75, 3.05) is 6.61 Å². The fourth-order valence-corrected chi connectivity index (χ4v) is 3.00. The van der Waals surface area contributed by atoms with Gasteiger partial charge >= 0.3 is 0 Å². The van der Waals surface area contributed by atoms with E-state index in [9.17, 15) is 5.11 Å². The maximum absolute atomic E-state index is 10.5. The lowest BCUT2D eigenvalue weighted by atomic mass is 9.96. The molecule has 1 heterocycles. The molecular weight excluding hydrogens is 260 g/mol. The van der Waals surface area contributed by atoms with Gasteiger partial charge in [0.1, 0.15) is 5.75 Å². The first kappa shape index (κ1) is 14.2. The van der Waals surface area contributed by atoms with Crippen LogP contribution in [-0.2, 0) is 12.8 Å². The van der Waals surface area contributed by atoms with E-state index in [1.54, 1.807) is 0 Å². The van der Waals surface area contributed by atoms with E-state index in [4.69, 9.17) is 4.74 Å². The van der Waals surface area contributed by atoms with Crippen molar-refractivity contribution in [1.29, 1.82) is 0 Å². The number of benzene rings is 2. The maximum atomic E-state index is 10.5. The van der Waals surface area contributed by atoms with Crippen LogP contribution >= 0.6 is 0 Å². The van der Waals surface area contributed by atoms with Gasteiger partial charge in [-0.05, 0) is 43.7 Å². The topological polar surface area (TPSA) is 29.5 Å². The van der Waals surface area contributed by atoms with Crippen LogP contribution in [0.15, 0.2) is 42.5 Å². The maximum Gasteiger partial charge on any atom is 0.128 e. The van der Waals surface area contributed by atoms with Gasteiger partial charge in [-0.2, -0.15) is 0 Å². The minimum absolute atomic E-state index is 0.460. The second-order valence-corrected chi connectivity index (χ2v) is 5.83. The van der Waals surface area contributed by atoms with Crippen molar-refractivity contribution in [2.45, 2.75) is 38.7 Å². The smallest absolute Gasteiger partial charge is 0.128 e. The molecule has 0 amide bonds. The number of ether oxygens (including phenoxy) is 1. The number of rotatable bonds is 4. The molecule has 2 aromatic rings. The van der Waals surface area contributed by atoms with Gasteiger partial charge in [-0.25, -0.2) is 0 Å². The molecular formula is C19H22O2. The van der Waals surface area contributed by atoms with Crippen molar-refractivity contribution >= 4 is 0 Å². The molecule has 0 radical (unpaired) electrons. The van der Waals surface area contributed by atoms with Gasteiger partial charge in [0.25, 0.3) is 0 Å². The van der Waals surface area contributed by atoms with Gasteiger partial charge in [0, 0.05) is 5.56 Å². The van der Waals surface area contributed by atoms with E-state index in [1.807, 2.05) is 12.1 Å². The van der Waals surface area contributed by atoms with Crippen LogP contribution in [0.5, 0.6) is 5.75 Å². The first-order valence-corrected chi connectivity index (χ1v) is 7.72. The van der Waals surface area contributed by atoms with Gasteiger partial charge in [-0.3, -0.25) is 0 Å². The molecule has 110 valence electrons. The van der Waals surface area contributed by atoms with Crippen LogP contribution in [0.4, 0.5) is 0 Å². The Morgan fingerprint density at radius 1 is 1.19 bits per heavy atom. The van der Waals surface area contributed by atoms with E-state index in [1.165, 1.54) is 16.7 Å². The number of aryl methyl sites for hydroxylation is 3. The summed E-state index contributed by atoms with van der Waals surface area (Å²) in [4.78, 5) is 0. The highest BCUT2D eigenvalue weighted by Gasteiger charge is 2.19. The van der Waals surface area contributed by atoms with Gasteiger partial charge in [-0.15, -0.1) is 0 Å². The van der Waals surface area contributed by atoms with Gasteiger partial charge in [0.15, 0.2) is 0 Å². The molecule has 3 rings (SSSR count). The Morgan fingerprint density at radius 3 is 2.90 bits per heavy atom. The van der Waals surface area contributed by atoms with Crippen molar-refractivity contribution in [3.63, 3.8) is 0 Å². The zero-order chi connectivity index (χ0) is 14.7. The minimum Gasteiger partial charge on any atom is -0.493 e. The van der Waals surface area contributed by atoms with E-state index >= 15 is 0 Å². The summed E-state index contributed by atoms with van der Waals surface area (Å²) in [5.74, 6) is 0.917. The third kappa shape index (κ3) is 3.27. The van der Waals surface area contributed by atoms with Gasteiger partial charge in [-0.1, -0.05) is 48.0 Å². The highest BCUT2D eigenvalue weighted by molar-refractivity contribution is 5.44. The molecule has 0 saturated heterocycles. The summed E-state index contributed by atoms with van der Waals surface area (Å²) >= 11 is 0. The second kappa shape index (κ2) is 6.31. The minimum atomic E-state index is -0.460. The zero-order valence-corrected chi connectivity index (χ0v) is 12.5. The number of aliphatic hydroxyl groups is 1. The van der Waals surface area contributed by atoms with Crippen molar-refractivity contribution in [3.8, 4) is 5.75 Å². The SMILES string of the molecule is Cc1cccc(CCC(O)c2cccc3c2OCCC3)c1. The molecule has 1 N–H and O–H groups in total. The monoisotopic (exact) mass is 282 g/mol. The Bertz CT molecular complexity index is 619. The van der Waals surface area contributed by atoms with Gasteiger partial charge in [0.05, 0.1) is 12.7 Å². The van der Waals surface area contributed by atoms with E-state index in [2.05, 4.69) is 37.3 Å². The van der Waals surface area contributed by atoms with E-state index < -0.39 is 6.10 Å². The van der Waals surface area contributed by atoms with Crippen LogP contribution in [0, 0.1) is 6.92 Å². The van der Waals surface area contributed by atoms with Crippen LogP contribution in [0.2, 0.25) is 0 Å². The first-order valence-electron chi connectivity index (χ1n) is 7.72. The van der Waals surface area contributed by atoms with Crippen molar-refractivity contribution in [1.82, 2.24) is 0 Å². The summed E-state index contributed by atoms with van der Waals surface area (Å²) in [5.41, 5.74) is 4.72. The number of fused-ring (bicyclic) bond motifs is 1. The fourth-order valence-electron chi connectivity index (χ4n) is 3.00. The normalized spacial score (nSPS) is 15.1. The Balaban J connectivity index is 1.72. The molecule has 21 heavy (non-hydrogen) atoms. The summed E-state index contributed by atoms with van der Waals surface area (Å²) in [5, 5.41) is 10.5. The average Bonchev–Trinajstić information content (AvgIpc) is 2.52. The predicted octanol–water partition coefficient (Wildman–Crippen LogP) is 3.99. The van der Waals surface area contributed by atoms with Crippen molar-refractivity contribution < 1.29 is 9.84 Å². The first-order chi connectivity index (χ1) is 10.2. The van der Waals surface area contributed by atoms with Crippen molar-refractivity contribution in [2.24, 2.45) is 0 Å². The molecule has 0 fully saturated rings. The number of para-hydroxylation sites is 1. The van der Waals surface area contributed by atoms with Crippen molar-refractivity contribution in [3.05, 3.63) is 64.7 Å². The Hall–Kier alpha value is -1.80. The van der Waals surface area contributed by atoms with E-state index in [-0.39, 0.29) is 0 Å². The lowest BCUT2D eigenvalue weighted by Gasteiger charge is -2.22. The summed E-state index contributed by atoms with van der Waals surface area (Å²) in [6.07, 6.45) is 3.26. The molecule has 1 aliphatic heterocycles. The molecule has 1 atom stereocenters. The molecule has 0 aliphatic carbocycles. The average molecular weight is 282 g/mol. The summed E-state index contributed by atoms with van der Waals surface area (Å²) < 4.78 is 5.79. The molecule has 1 unspecified atom stereocenters. The summed E-state index contributed by atoms with van der Waals surface area (Å²) in [7, 11) is 0. The highest BCUT2D eigenvalue weighted by atomic mass is 16.5. The molecule has 1 aliphatic rings. The molecule has 0 spiro atoms. The molecule has 0 aromatic heterocycles. The van der Waals surface area contributed by atoms with Gasteiger partial charge in [0.2, 0.25) is 0 Å². The van der Waals surface area contributed by atoms with Crippen LogP contribution in [0.1, 0.15) is 41.2 Å². The lowest BCUT2D eigenvalue weighted by Crippen LogP contribution is -2.12. The Labute approximate surface area is 126 Å². The zero-order valence-electron chi connectivity index (χ0n) is 12.5. The lowest BCUT2D eigenvalue weighted by molar-refractivity contribution is 0.159. The standard InChI is InChI=1S/C19H22O2/c1-14-5-2-6-15(13-14)10-11-18(20)17-9-3-7-16-8-4-12-21-19(16)17/h2-3,5-7,9,13,18,20H,4,8,10-12H2,1H3. The Morgan fingerprint density at radius 2 is 2.05 bits per heavy atom. The molecule has 2 nitrogen and oxygen atoms in total. The number of hydrogen-bond acceptors (Lipinski definition) is 2. The second-order valence-electron chi connectivity index (χ2n) is 5.83. The van der Waals surface area contributed by atoms with E-state index in [0.29, 0.717) is 0 Å². The quantitative estimate of drug-likeness (QED) is 0.919. The predicted molar refractivity (Wildman–Crippen MR) is 84.7 cm³/mol. The van der Waals surface area contributed by atoms with Gasteiger partial charge < -0.3 is 9.84 Å². The highest BCUT2D eigenvalue weighted by Crippen LogP contribution is 2.34. The molecule has 2 aromatic carbocycles. The number of aliphatic hydroxyl groups excluding tert-OH is 1. The van der Waals surface area contributed by atoms with Crippen LogP contribution < -0.4 is 4.74 Å². The third-order valence-electron chi connectivity index (χ3n) is 4.11. The third-order valence-corrected chi connectivity index (χ3v) is 4.11. The Kier molecular flexibility index (Phi) is 4.26. The van der Waals surface area contributed by atoms with Crippen LogP contribution in [-0.4, -0.2) is 11.7 Å². The molecule has 0 bridgehead atoms. The fraction of sp³-hybridized carbons (Fsp3) is 0.368. The van der Waals surface area contributed by atoms with Crippen LogP contribution in [0.3, 0.4) is 0 Å². The van der Waals surface area contributed by atoms with Crippen LogP contribution in [0.25, 0.3) is 0 Å². The summed E-state index contributed by atoms with van der Waals surface area (Å²) in [6.45, 7) is 2.86.